The maximum absolute atomic E-state index is 14.4. The summed E-state index contributed by atoms with van der Waals surface area (Å²) in [7, 11) is 0. The number of fused-ring (bicyclic) bond motifs is 1. The topological polar surface area (TPSA) is 69.0 Å². The van der Waals surface area contributed by atoms with Gasteiger partial charge in [0, 0.05) is 11.6 Å². The van der Waals surface area contributed by atoms with Crippen LogP contribution in [0.5, 0.6) is 17.2 Å². The Labute approximate surface area is 258 Å². The second-order valence-electron chi connectivity index (χ2n) is 12.1. The Morgan fingerprint density at radius 1 is 0.977 bits per heavy atom. The molecule has 0 N–H and O–H groups in total. The summed E-state index contributed by atoms with van der Waals surface area (Å²) < 4.78 is 60.0. The smallest absolute Gasteiger partial charge is 0.449 e. The Kier molecular flexibility index (Phi) is 8.82. The summed E-state index contributed by atoms with van der Waals surface area (Å²) in [6.07, 6.45) is -2.20. The van der Waals surface area contributed by atoms with Gasteiger partial charge in [0.1, 0.15) is 17.1 Å². The second kappa shape index (κ2) is 12.3. The molecular formula is C34H33ClF3NO5. The van der Waals surface area contributed by atoms with Crippen LogP contribution in [0.1, 0.15) is 72.8 Å². The number of carbonyl (C=O) groups excluding carboxylic acids is 1. The average molecular weight is 628 g/mol. The van der Waals surface area contributed by atoms with E-state index in [4.69, 9.17) is 25.5 Å². The molecule has 0 aliphatic carbocycles. The fraction of sp³-hybridized carbons (Fsp3) is 0.353. The minimum Gasteiger partial charge on any atom is -0.449 e. The minimum atomic E-state index is -5.06. The quantitative estimate of drug-likeness (QED) is 0.157. The highest BCUT2D eigenvalue weighted by Crippen LogP contribution is 2.41. The van der Waals surface area contributed by atoms with E-state index < -0.39 is 29.1 Å². The van der Waals surface area contributed by atoms with Crippen molar-refractivity contribution in [2.45, 2.75) is 65.1 Å². The van der Waals surface area contributed by atoms with Gasteiger partial charge in [0.05, 0.1) is 16.5 Å². The van der Waals surface area contributed by atoms with E-state index in [-0.39, 0.29) is 45.6 Å². The SMILES string of the molecule is Cc1cc(Oc2c(C(F)(F)F)oc3c(CN4CCCCC4)c(OC(=O)c4ccc(C(C)(C)C)cc4)ccc3c2=O)ccc1Cl. The molecule has 0 atom stereocenters. The summed E-state index contributed by atoms with van der Waals surface area (Å²) in [5.74, 6) is -3.23. The van der Waals surface area contributed by atoms with Crippen LogP contribution in [0.25, 0.3) is 11.0 Å². The molecule has 1 fully saturated rings. The van der Waals surface area contributed by atoms with Gasteiger partial charge in [0.25, 0.3) is 5.76 Å². The van der Waals surface area contributed by atoms with Crippen molar-refractivity contribution >= 4 is 28.5 Å². The molecule has 1 aliphatic rings. The molecule has 5 rings (SSSR count). The van der Waals surface area contributed by atoms with Crippen LogP contribution in [0, 0.1) is 6.92 Å². The monoisotopic (exact) mass is 627 g/mol. The molecule has 3 aromatic carbocycles. The number of benzene rings is 3. The highest BCUT2D eigenvalue weighted by Gasteiger charge is 2.41. The van der Waals surface area contributed by atoms with Crippen molar-refractivity contribution in [3.05, 3.63) is 97.9 Å². The molecule has 10 heteroatoms. The van der Waals surface area contributed by atoms with Crippen LogP contribution in [0.3, 0.4) is 0 Å². The van der Waals surface area contributed by atoms with Gasteiger partial charge in [-0.25, -0.2) is 4.79 Å². The molecule has 0 spiro atoms. The van der Waals surface area contributed by atoms with Crippen molar-refractivity contribution in [3.63, 3.8) is 0 Å². The van der Waals surface area contributed by atoms with E-state index in [2.05, 4.69) is 20.8 Å². The highest BCUT2D eigenvalue weighted by molar-refractivity contribution is 6.31. The van der Waals surface area contributed by atoms with Crippen LogP contribution in [0.15, 0.2) is 63.8 Å². The van der Waals surface area contributed by atoms with Crippen molar-refractivity contribution in [2.75, 3.05) is 13.1 Å². The number of hydrogen-bond donors (Lipinski definition) is 0. The number of esters is 1. The molecule has 0 radical (unpaired) electrons. The largest absolute Gasteiger partial charge is 0.453 e. The molecule has 2 heterocycles. The van der Waals surface area contributed by atoms with Gasteiger partial charge < -0.3 is 13.9 Å². The molecule has 0 bridgehead atoms. The third-order valence-electron chi connectivity index (χ3n) is 7.71. The number of aryl methyl sites for hydroxylation is 1. The van der Waals surface area contributed by atoms with Crippen LogP contribution in [0.2, 0.25) is 5.02 Å². The van der Waals surface area contributed by atoms with E-state index in [0.29, 0.717) is 23.7 Å². The van der Waals surface area contributed by atoms with E-state index in [1.807, 2.05) is 17.0 Å². The summed E-state index contributed by atoms with van der Waals surface area (Å²) in [5.41, 5.74) is 0.625. The molecular weight excluding hydrogens is 595 g/mol. The molecule has 0 saturated carbocycles. The van der Waals surface area contributed by atoms with Crippen LogP contribution in [0.4, 0.5) is 13.2 Å². The number of halogens is 4. The lowest BCUT2D eigenvalue weighted by Gasteiger charge is -2.27. The van der Waals surface area contributed by atoms with Crippen LogP contribution >= 0.6 is 11.6 Å². The van der Waals surface area contributed by atoms with Gasteiger partial charge in [-0.2, -0.15) is 13.2 Å². The lowest BCUT2D eigenvalue weighted by molar-refractivity contribution is -0.154. The maximum Gasteiger partial charge on any atom is 0.453 e. The number of ether oxygens (including phenoxy) is 2. The average Bonchev–Trinajstić information content (AvgIpc) is 2.97. The van der Waals surface area contributed by atoms with Crippen LogP contribution in [-0.4, -0.2) is 24.0 Å². The van der Waals surface area contributed by atoms with Crippen LogP contribution in [-0.2, 0) is 18.1 Å². The summed E-state index contributed by atoms with van der Waals surface area (Å²) >= 11 is 6.05. The third-order valence-corrected chi connectivity index (χ3v) is 8.13. The van der Waals surface area contributed by atoms with Gasteiger partial charge in [0.15, 0.2) is 0 Å². The Balaban J connectivity index is 1.62. The second-order valence-corrected chi connectivity index (χ2v) is 12.5. The van der Waals surface area contributed by atoms with Gasteiger partial charge in [-0.1, -0.05) is 50.9 Å². The van der Waals surface area contributed by atoms with Gasteiger partial charge >= 0.3 is 12.1 Å². The van der Waals surface area contributed by atoms with Gasteiger partial charge in [-0.15, -0.1) is 0 Å². The number of carbonyl (C=O) groups is 1. The Bertz CT molecular complexity index is 1750. The molecule has 4 aromatic rings. The normalized spacial score (nSPS) is 14.5. The number of hydrogen-bond acceptors (Lipinski definition) is 6. The summed E-state index contributed by atoms with van der Waals surface area (Å²) in [6.45, 7) is 9.35. The van der Waals surface area contributed by atoms with Gasteiger partial charge in [-0.05, 0) is 91.9 Å². The van der Waals surface area contributed by atoms with Crippen molar-refractivity contribution in [2.24, 2.45) is 0 Å². The summed E-state index contributed by atoms with van der Waals surface area (Å²) in [4.78, 5) is 28.9. The first-order valence-electron chi connectivity index (χ1n) is 14.4. The standard InChI is InChI=1S/C34H33ClF3NO5/c1-20-18-23(12-14-26(20)35)42-30-28(40)24-13-15-27(43-32(41)21-8-10-22(11-9-21)33(2,3)4)25(19-39-16-6-5-7-17-39)29(24)44-31(30)34(36,37)38/h8-15,18H,5-7,16-17,19H2,1-4H3. The first-order valence-corrected chi connectivity index (χ1v) is 14.8. The molecule has 44 heavy (non-hydrogen) atoms. The first-order chi connectivity index (χ1) is 20.7. The highest BCUT2D eigenvalue weighted by atomic mass is 35.5. The lowest BCUT2D eigenvalue weighted by Crippen LogP contribution is -2.29. The minimum absolute atomic E-state index is 0.000574. The molecule has 0 unspecified atom stereocenters. The van der Waals surface area contributed by atoms with Gasteiger partial charge in [-0.3, -0.25) is 9.69 Å². The fourth-order valence-corrected chi connectivity index (χ4v) is 5.33. The fourth-order valence-electron chi connectivity index (χ4n) is 5.21. The molecule has 0 amide bonds. The maximum atomic E-state index is 14.4. The zero-order chi connectivity index (χ0) is 31.8. The van der Waals surface area contributed by atoms with Crippen molar-refractivity contribution in [3.8, 4) is 17.2 Å². The number of piperidine rings is 1. The molecule has 1 aromatic heterocycles. The van der Waals surface area contributed by atoms with Crippen molar-refractivity contribution in [1.82, 2.24) is 4.90 Å². The van der Waals surface area contributed by atoms with Crippen molar-refractivity contribution in [1.29, 1.82) is 0 Å². The van der Waals surface area contributed by atoms with Gasteiger partial charge in [0.2, 0.25) is 11.2 Å². The van der Waals surface area contributed by atoms with E-state index >= 15 is 0 Å². The summed E-state index contributed by atoms with van der Waals surface area (Å²) in [6, 6.07) is 14.0. The number of nitrogens with zero attached hydrogens (tertiary/aromatic N) is 1. The van der Waals surface area contributed by atoms with E-state index in [1.165, 1.54) is 30.3 Å². The van der Waals surface area contributed by atoms with Crippen molar-refractivity contribution < 1.29 is 31.9 Å². The Morgan fingerprint density at radius 2 is 1.66 bits per heavy atom. The zero-order valence-electron chi connectivity index (χ0n) is 24.9. The predicted octanol–water partition coefficient (Wildman–Crippen LogP) is 9.07. The van der Waals surface area contributed by atoms with Crippen LogP contribution < -0.4 is 14.9 Å². The first kappa shape index (κ1) is 31.6. The van der Waals surface area contributed by atoms with E-state index in [0.717, 1.165) is 24.8 Å². The molecule has 6 nitrogen and oxygen atoms in total. The zero-order valence-corrected chi connectivity index (χ0v) is 25.7. The number of alkyl halides is 3. The third kappa shape index (κ3) is 6.79. The Morgan fingerprint density at radius 3 is 2.27 bits per heavy atom. The van der Waals surface area contributed by atoms with E-state index in [1.54, 1.807) is 19.1 Å². The lowest BCUT2D eigenvalue weighted by atomic mass is 9.87. The molecule has 1 aliphatic heterocycles. The predicted molar refractivity (Wildman–Crippen MR) is 163 cm³/mol. The van der Waals surface area contributed by atoms with E-state index in [9.17, 15) is 22.8 Å². The summed E-state index contributed by atoms with van der Waals surface area (Å²) in [5, 5.41) is 0.272. The number of rotatable bonds is 6. The molecule has 232 valence electrons. The number of likely N-dealkylation sites (tertiary alicyclic amines) is 1. The Hall–Kier alpha value is -3.82. The molecule has 1 saturated heterocycles.